The molecule has 0 radical (unpaired) electrons. The van der Waals surface area contributed by atoms with Gasteiger partial charge in [0, 0.05) is 31.9 Å². The summed E-state index contributed by atoms with van der Waals surface area (Å²) in [6, 6.07) is 2.10. The molecular weight excluding hydrogens is 381 g/mol. The Balaban J connectivity index is 0.00000220. The number of hydrogen-bond acceptors (Lipinski definition) is 3. The molecular formula is C14H26IN5O. The highest BCUT2D eigenvalue weighted by atomic mass is 127. The number of rotatable bonds is 4. The number of morpholine rings is 1. The molecule has 1 saturated heterocycles. The number of guanidine groups is 1. The van der Waals surface area contributed by atoms with Gasteiger partial charge >= 0.3 is 0 Å². The Morgan fingerprint density at radius 1 is 1.43 bits per heavy atom. The second-order valence-electron chi connectivity index (χ2n) is 5.51. The van der Waals surface area contributed by atoms with Gasteiger partial charge in [-0.15, -0.1) is 24.0 Å². The number of nitrogens with zero attached hydrogens (tertiary/aromatic N) is 4. The van der Waals surface area contributed by atoms with Gasteiger partial charge in [-0.05, 0) is 25.8 Å². The standard InChI is InChI=1S/C14H25N5O.HI/c1-11(10-19-13(3)8-12(2)17-19)9-16-14(15)18-4-6-20-7-5-18;/h8,11H,4-7,9-10H2,1-3H3,(H2,15,16);1H. The number of halogens is 1. The summed E-state index contributed by atoms with van der Waals surface area (Å²) in [5.41, 5.74) is 8.28. The van der Waals surface area contributed by atoms with Crippen molar-refractivity contribution in [1.29, 1.82) is 0 Å². The van der Waals surface area contributed by atoms with E-state index in [1.807, 2.05) is 11.6 Å². The Morgan fingerprint density at radius 2 is 2.10 bits per heavy atom. The van der Waals surface area contributed by atoms with E-state index < -0.39 is 0 Å². The van der Waals surface area contributed by atoms with Gasteiger partial charge in [-0.1, -0.05) is 6.92 Å². The molecule has 0 bridgehead atoms. The third kappa shape index (κ3) is 5.46. The molecule has 1 aliphatic rings. The maximum atomic E-state index is 6.02. The maximum Gasteiger partial charge on any atom is 0.191 e. The first-order chi connectivity index (χ1) is 9.56. The van der Waals surface area contributed by atoms with E-state index in [2.05, 4.69) is 34.9 Å². The monoisotopic (exact) mass is 407 g/mol. The van der Waals surface area contributed by atoms with Gasteiger partial charge in [0.15, 0.2) is 5.96 Å². The fraction of sp³-hybridized carbons (Fsp3) is 0.714. The third-order valence-electron chi connectivity index (χ3n) is 3.49. The Bertz CT molecular complexity index is 468. The summed E-state index contributed by atoms with van der Waals surface area (Å²) in [5.74, 6) is 1.04. The topological polar surface area (TPSA) is 68.7 Å². The summed E-state index contributed by atoms with van der Waals surface area (Å²) in [5, 5.41) is 4.48. The van der Waals surface area contributed by atoms with Crippen LogP contribution in [-0.4, -0.2) is 53.5 Å². The van der Waals surface area contributed by atoms with E-state index in [0.717, 1.165) is 45.1 Å². The Morgan fingerprint density at radius 3 is 2.67 bits per heavy atom. The van der Waals surface area contributed by atoms with E-state index in [9.17, 15) is 0 Å². The summed E-state index contributed by atoms with van der Waals surface area (Å²) in [7, 11) is 0. The smallest absolute Gasteiger partial charge is 0.191 e. The van der Waals surface area contributed by atoms with E-state index >= 15 is 0 Å². The van der Waals surface area contributed by atoms with Crippen molar-refractivity contribution in [3.8, 4) is 0 Å². The molecule has 120 valence electrons. The van der Waals surface area contributed by atoms with Crippen molar-refractivity contribution in [3.63, 3.8) is 0 Å². The summed E-state index contributed by atoms with van der Waals surface area (Å²) in [4.78, 5) is 6.59. The quantitative estimate of drug-likeness (QED) is 0.466. The third-order valence-corrected chi connectivity index (χ3v) is 3.49. The molecule has 0 amide bonds. The second-order valence-corrected chi connectivity index (χ2v) is 5.51. The number of ether oxygens (including phenoxy) is 1. The summed E-state index contributed by atoms with van der Waals surface area (Å²) >= 11 is 0. The molecule has 6 nitrogen and oxygen atoms in total. The first kappa shape index (κ1) is 18.2. The minimum absolute atomic E-state index is 0. The lowest BCUT2D eigenvalue weighted by molar-refractivity contribution is 0.0674. The van der Waals surface area contributed by atoms with Gasteiger partial charge in [-0.3, -0.25) is 9.67 Å². The predicted octanol–water partition coefficient (Wildman–Crippen LogP) is 1.40. The van der Waals surface area contributed by atoms with Crippen molar-refractivity contribution < 1.29 is 4.74 Å². The van der Waals surface area contributed by atoms with Crippen molar-refractivity contribution in [3.05, 3.63) is 17.5 Å². The van der Waals surface area contributed by atoms with Crippen LogP contribution >= 0.6 is 24.0 Å². The summed E-state index contributed by atoms with van der Waals surface area (Å²) in [6.07, 6.45) is 0. The highest BCUT2D eigenvalue weighted by Gasteiger charge is 2.13. The minimum Gasteiger partial charge on any atom is -0.378 e. The molecule has 2 rings (SSSR count). The molecule has 1 aromatic rings. The first-order valence-corrected chi connectivity index (χ1v) is 7.20. The van der Waals surface area contributed by atoms with Crippen LogP contribution in [0, 0.1) is 19.8 Å². The van der Waals surface area contributed by atoms with Crippen LogP contribution in [0.1, 0.15) is 18.3 Å². The van der Waals surface area contributed by atoms with Crippen molar-refractivity contribution in [2.45, 2.75) is 27.3 Å². The zero-order chi connectivity index (χ0) is 14.5. The molecule has 0 aromatic carbocycles. The van der Waals surface area contributed by atoms with E-state index in [1.54, 1.807) is 0 Å². The van der Waals surface area contributed by atoms with Crippen LogP contribution in [0.2, 0.25) is 0 Å². The minimum atomic E-state index is 0. The molecule has 1 unspecified atom stereocenters. The SMILES string of the molecule is Cc1cc(C)n(CC(C)CN=C(N)N2CCOCC2)n1.I. The number of aromatic nitrogens is 2. The molecule has 2 N–H and O–H groups in total. The highest BCUT2D eigenvalue weighted by molar-refractivity contribution is 14.0. The molecule has 1 aromatic heterocycles. The van der Waals surface area contributed by atoms with Crippen LogP contribution in [0.5, 0.6) is 0 Å². The Kier molecular flexibility index (Phi) is 7.44. The number of hydrogen-bond donors (Lipinski definition) is 1. The molecule has 21 heavy (non-hydrogen) atoms. The average Bonchev–Trinajstić information content (AvgIpc) is 2.75. The molecule has 1 aliphatic heterocycles. The lowest BCUT2D eigenvalue weighted by Crippen LogP contribution is -2.45. The summed E-state index contributed by atoms with van der Waals surface area (Å²) in [6.45, 7) is 11.0. The Labute approximate surface area is 143 Å². The largest absolute Gasteiger partial charge is 0.378 e. The van der Waals surface area contributed by atoms with Gasteiger partial charge in [0.2, 0.25) is 0 Å². The van der Waals surface area contributed by atoms with Gasteiger partial charge in [0.25, 0.3) is 0 Å². The fourth-order valence-corrected chi connectivity index (χ4v) is 2.35. The van der Waals surface area contributed by atoms with E-state index in [1.165, 1.54) is 5.69 Å². The maximum absolute atomic E-state index is 6.02. The van der Waals surface area contributed by atoms with Crippen LogP contribution in [0.3, 0.4) is 0 Å². The van der Waals surface area contributed by atoms with E-state index in [4.69, 9.17) is 10.5 Å². The highest BCUT2D eigenvalue weighted by Crippen LogP contribution is 2.07. The molecule has 1 fully saturated rings. The van der Waals surface area contributed by atoms with Crippen molar-refractivity contribution >= 4 is 29.9 Å². The normalized spacial score (nSPS) is 17.5. The molecule has 0 saturated carbocycles. The second kappa shape index (κ2) is 8.57. The molecule has 2 heterocycles. The number of aryl methyl sites for hydroxylation is 2. The van der Waals surface area contributed by atoms with Crippen LogP contribution in [-0.2, 0) is 11.3 Å². The van der Waals surface area contributed by atoms with Gasteiger partial charge in [-0.25, -0.2) is 0 Å². The average molecular weight is 407 g/mol. The molecule has 1 atom stereocenters. The molecule has 7 heteroatoms. The van der Waals surface area contributed by atoms with Crippen LogP contribution in [0.4, 0.5) is 0 Å². The van der Waals surface area contributed by atoms with Gasteiger partial charge in [-0.2, -0.15) is 5.10 Å². The van der Waals surface area contributed by atoms with Crippen molar-refractivity contribution in [2.75, 3.05) is 32.8 Å². The van der Waals surface area contributed by atoms with Crippen molar-refractivity contribution in [2.24, 2.45) is 16.6 Å². The molecule has 0 aliphatic carbocycles. The summed E-state index contributed by atoms with van der Waals surface area (Å²) < 4.78 is 7.35. The number of nitrogens with two attached hydrogens (primary N) is 1. The lowest BCUT2D eigenvalue weighted by atomic mass is 10.2. The van der Waals surface area contributed by atoms with E-state index in [-0.39, 0.29) is 24.0 Å². The van der Waals surface area contributed by atoms with Crippen LogP contribution < -0.4 is 5.73 Å². The first-order valence-electron chi connectivity index (χ1n) is 7.20. The van der Waals surface area contributed by atoms with Gasteiger partial charge < -0.3 is 15.4 Å². The van der Waals surface area contributed by atoms with Crippen LogP contribution in [0.15, 0.2) is 11.1 Å². The van der Waals surface area contributed by atoms with Crippen molar-refractivity contribution in [1.82, 2.24) is 14.7 Å². The fourth-order valence-electron chi connectivity index (χ4n) is 2.35. The van der Waals surface area contributed by atoms with Gasteiger partial charge in [0.05, 0.1) is 18.9 Å². The predicted molar refractivity (Wildman–Crippen MR) is 95.2 cm³/mol. The van der Waals surface area contributed by atoms with Gasteiger partial charge in [0.1, 0.15) is 0 Å². The zero-order valence-electron chi connectivity index (χ0n) is 13.1. The lowest BCUT2D eigenvalue weighted by Gasteiger charge is -2.27. The van der Waals surface area contributed by atoms with E-state index in [0.29, 0.717) is 11.9 Å². The van der Waals surface area contributed by atoms with Crippen LogP contribution in [0.25, 0.3) is 0 Å². The number of aliphatic imine (C=N–C) groups is 1. The Hall–Kier alpha value is -0.830. The zero-order valence-corrected chi connectivity index (χ0v) is 15.4. The molecule has 0 spiro atoms.